The van der Waals surface area contributed by atoms with Gasteiger partial charge < -0.3 is 9.97 Å². The predicted octanol–water partition coefficient (Wildman–Crippen LogP) is 5.73. The van der Waals surface area contributed by atoms with Crippen LogP contribution in [-0.2, 0) is 19.3 Å². The zero-order chi connectivity index (χ0) is 25.3. The van der Waals surface area contributed by atoms with E-state index >= 15 is 0 Å². The lowest BCUT2D eigenvalue weighted by atomic mass is 9.96. The Morgan fingerprint density at radius 1 is 0.833 bits per heavy atom. The van der Waals surface area contributed by atoms with E-state index in [0.29, 0.717) is 0 Å². The van der Waals surface area contributed by atoms with E-state index in [0.717, 1.165) is 49.9 Å². The van der Waals surface area contributed by atoms with Crippen LogP contribution in [0.25, 0.3) is 17.7 Å². The third-order valence-electron chi connectivity index (χ3n) is 9.11. The molecule has 2 aromatic rings. The first-order chi connectivity index (χ1) is 17.4. The van der Waals surface area contributed by atoms with Crippen LogP contribution >= 0.6 is 0 Å². The molecule has 4 nitrogen and oxygen atoms in total. The van der Waals surface area contributed by atoms with Crippen LogP contribution in [0, 0.1) is 13.8 Å². The maximum Gasteiger partial charge on any atom is 0.0777 e. The van der Waals surface area contributed by atoms with Gasteiger partial charge in [0.25, 0.3) is 0 Å². The summed E-state index contributed by atoms with van der Waals surface area (Å²) in [6.07, 6.45) is 10.7. The van der Waals surface area contributed by atoms with E-state index in [1.54, 1.807) is 0 Å². The van der Waals surface area contributed by atoms with Gasteiger partial charge in [-0.3, -0.25) is 4.99 Å². The van der Waals surface area contributed by atoms with Crippen molar-refractivity contribution in [2.45, 2.75) is 93.0 Å². The molecule has 1 aliphatic carbocycles. The second-order valence-corrected chi connectivity index (χ2v) is 10.8. The first-order valence-electron chi connectivity index (χ1n) is 13.8. The van der Waals surface area contributed by atoms with Crippen molar-refractivity contribution in [1.82, 2.24) is 9.97 Å². The fourth-order valence-electron chi connectivity index (χ4n) is 6.94. The first kappa shape index (κ1) is 23.3. The number of hydrogen-bond acceptors (Lipinski definition) is 2. The molecule has 8 bridgehead atoms. The molecule has 0 saturated heterocycles. The van der Waals surface area contributed by atoms with Crippen molar-refractivity contribution in [2.75, 3.05) is 0 Å². The smallest absolute Gasteiger partial charge is 0.0777 e. The van der Waals surface area contributed by atoms with E-state index in [2.05, 4.69) is 70.6 Å². The molecule has 36 heavy (non-hydrogen) atoms. The summed E-state index contributed by atoms with van der Waals surface area (Å²) in [7, 11) is 0. The van der Waals surface area contributed by atoms with Gasteiger partial charge in [-0.25, -0.2) is 4.99 Å². The number of nitrogens with zero attached hydrogens (tertiary/aromatic N) is 2. The summed E-state index contributed by atoms with van der Waals surface area (Å²) in [6.45, 7) is 15.8. The number of nitrogens with one attached hydrogen (secondary N) is 2. The summed E-state index contributed by atoms with van der Waals surface area (Å²) >= 11 is 0. The predicted molar refractivity (Wildman–Crippen MR) is 152 cm³/mol. The number of aromatic nitrogens is 2. The highest BCUT2D eigenvalue weighted by Crippen LogP contribution is 2.43. The largest absolute Gasteiger partial charge is 0.358 e. The van der Waals surface area contributed by atoms with Gasteiger partial charge in [-0.05, 0) is 116 Å². The van der Waals surface area contributed by atoms with Crippen LogP contribution in [0.1, 0.15) is 87.5 Å². The summed E-state index contributed by atoms with van der Waals surface area (Å²) in [5.74, 6) is 0. The highest BCUT2D eigenvalue weighted by Gasteiger charge is 2.31. The molecule has 4 aliphatic rings. The van der Waals surface area contributed by atoms with E-state index in [1.165, 1.54) is 77.9 Å². The standard InChI is InChI=1S/C32H38N4/c1-8-20-16(4)25-13-27-18(6)22(10-3)31(35-27)24-12-11-23-19(7)28(36-32(23)24)15-30-21(9-2)17(5)26(34-30)14-29(20)33-25/h13-14,30,33,36H,8-12,15H2,1-7H3/b25-13?,29-14?,31-24-. The Balaban J connectivity index is 1.68. The van der Waals surface area contributed by atoms with Gasteiger partial charge in [-0.1, -0.05) is 20.8 Å². The molecular formula is C32H38N4. The molecule has 6 rings (SSSR count). The first-order valence-corrected chi connectivity index (χ1v) is 13.8. The molecule has 0 aromatic carbocycles. The topological polar surface area (TPSA) is 56.3 Å². The van der Waals surface area contributed by atoms with E-state index in [1.807, 2.05) is 0 Å². The van der Waals surface area contributed by atoms with Gasteiger partial charge in [0.2, 0.25) is 0 Å². The van der Waals surface area contributed by atoms with Crippen LogP contribution in [0.2, 0.25) is 0 Å². The Bertz CT molecular complexity index is 1590. The molecule has 2 N–H and O–H groups in total. The van der Waals surface area contributed by atoms with E-state index in [-0.39, 0.29) is 6.04 Å². The molecule has 3 aliphatic heterocycles. The summed E-state index contributed by atoms with van der Waals surface area (Å²) in [4.78, 5) is 18.2. The Hall–Kier alpha value is -3.14. The molecule has 1 unspecified atom stereocenters. The van der Waals surface area contributed by atoms with Gasteiger partial charge >= 0.3 is 0 Å². The summed E-state index contributed by atoms with van der Waals surface area (Å²) in [5.41, 5.74) is 18.7. The number of rotatable bonds is 3. The minimum atomic E-state index is 0.208. The average Bonchev–Trinajstić information content (AvgIpc) is 3.62. The van der Waals surface area contributed by atoms with Crippen molar-refractivity contribution in [3.05, 3.63) is 72.3 Å². The van der Waals surface area contributed by atoms with Crippen LogP contribution in [0.5, 0.6) is 0 Å². The Labute approximate surface area is 214 Å². The van der Waals surface area contributed by atoms with E-state index in [4.69, 9.17) is 9.98 Å². The molecule has 0 amide bonds. The van der Waals surface area contributed by atoms with Crippen molar-refractivity contribution in [3.63, 3.8) is 0 Å². The lowest BCUT2D eigenvalue weighted by Crippen LogP contribution is -2.15. The molecule has 5 heterocycles. The molecule has 186 valence electrons. The number of allylic oxidation sites excluding steroid dienone is 4. The monoisotopic (exact) mass is 478 g/mol. The van der Waals surface area contributed by atoms with Crippen LogP contribution in [0.15, 0.2) is 38.0 Å². The SMILES string of the molecule is CCC1=C(C)C2=N/C1=C1/CCc3c1[nH]c(c3C)CC1N=C(C=c3[nH]c(c(C)c3CC)=C2)C(C)=C1CC. The molecule has 0 fully saturated rings. The van der Waals surface area contributed by atoms with Gasteiger partial charge in [-0.15, -0.1) is 0 Å². The lowest BCUT2D eigenvalue weighted by Gasteiger charge is -2.13. The maximum absolute atomic E-state index is 5.30. The Morgan fingerprint density at radius 3 is 2.33 bits per heavy atom. The number of fused-ring (bicyclic) bond motifs is 5. The third kappa shape index (κ3) is 3.26. The summed E-state index contributed by atoms with van der Waals surface area (Å²) < 4.78 is 0. The number of H-pyrrole nitrogens is 2. The zero-order valence-corrected chi connectivity index (χ0v) is 22.9. The van der Waals surface area contributed by atoms with Crippen molar-refractivity contribution < 1.29 is 0 Å². The highest BCUT2D eigenvalue weighted by atomic mass is 14.9. The van der Waals surface area contributed by atoms with Crippen molar-refractivity contribution in [2.24, 2.45) is 9.98 Å². The average molecular weight is 479 g/mol. The third-order valence-corrected chi connectivity index (χ3v) is 9.11. The molecule has 0 saturated carbocycles. The minimum absolute atomic E-state index is 0.208. The summed E-state index contributed by atoms with van der Waals surface area (Å²) in [5, 5.41) is 2.36. The van der Waals surface area contributed by atoms with Crippen LogP contribution in [0.3, 0.4) is 0 Å². The van der Waals surface area contributed by atoms with Crippen molar-refractivity contribution in [1.29, 1.82) is 0 Å². The summed E-state index contributed by atoms with van der Waals surface area (Å²) in [6, 6.07) is 0.208. The molecular weight excluding hydrogens is 440 g/mol. The molecule has 1 atom stereocenters. The van der Waals surface area contributed by atoms with Crippen molar-refractivity contribution >= 4 is 29.1 Å². The van der Waals surface area contributed by atoms with Gasteiger partial charge in [0.1, 0.15) is 0 Å². The molecule has 0 radical (unpaired) electrons. The van der Waals surface area contributed by atoms with Gasteiger partial charge in [0.05, 0.1) is 23.2 Å². The Morgan fingerprint density at radius 2 is 1.61 bits per heavy atom. The fourth-order valence-corrected chi connectivity index (χ4v) is 6.94. The highest BCUT2D eigenvalue weighted by molar-refractivity contribution is 6.24. The second-order valence-electron chi connectivity index (χ2n) is 10.8. The Kier molecular flexibility index (Phi) is 5.47. The van der Waals surface area contributed by atoms with Gasteiger partial charge in [0, 0.05) is 34.1 Å². The van der Waals surface area contributed by atoms with Crippen LogP contribution < -0.4 is 10.7 Å². The number of aromatic amines is 2. The molecule has 0 spiro atoms. The van der Waals surface area contributed by atoms with E-state index < -0.39 is 0 Å². The second kappa shape index (κ2) is 8.47. The van der Waals surface area contributed by atoms with Crippen molar-refractivity contribution in [3.8, 4) is 0 Å². The zero-order valence-electron chi connectivity index (χ0n) is 22.9. The number of aliphatic imine (C=N–C) groups is 2. The van der Waals surface area contributed by atoms with Crippen LogP contribution in [-0.4, -0.2) is 27.4 Å². The quantitative estimate of drug-likeness (QED) is 0.566. The fraction of sp³-hybridized carbons (Fsp3) is 0.438. The lowest BCUT2D eigenvalue weighted by molar-refractivity contribution is 0.733. The maximum atomic E-state index is 5.30. The number of hydrogen-bond donors (Lipinski definition) is 2. The van der Waals surface area contributed by atoms with E-state index in [9.17, 15) is 0 Å². The molecule has 4 heteroatoms. The van der Waals surface area contributed by atoms with Gasteiger partial charge in [0.15, 0.2) is 0 Å². The van der Waals surface area contributed by atoms with Gasteiger partial charge in [-0.2, -0.15) is 0 Å². The molecule has 2 aromatic heterocycles. The normalized spacial score (nSPS) is 22.8. The minimum Gasteiger partial charge on any atom is -0.358 e. The van der Waals surface area contributed by atoms with Crippen LogP contribution in [0.4, 0.5) is 0 Å².